The molecule has 0 spiro atoms. The highest BCUT2D eigenvalue weighted by atomic mass is 32.2. The topological polar surface area (TPSA) is 74.7 Å². The number of nitrogens with zero attached hydrogens (tertiary/aromatic N) is 1. The molecule has 0 bridgehead atoms. The number of rotatable bonds is 9. The van der Waals surface area contributed by atoms with Crippen LogP contribution in [0.4, 0.5) is 0 Å². The highest BCUT2D eigenvalue weighted by Gasteiger charge is 2.16. The first-order valence-electron chi connectivity index (χ1n) is 9.06. The number of hydrogen-bond acceptors (Lipinski definition) is 8. The van der Waals surface area contributed by atoms with Crippen LogP contribution in [0.3, 0.4) is 0 Å². The van der Waals surface area contributed by atoms with Crippen molar-refractivity contribution in [2.24, 2.45) is 0 Å². The summed E-state index contributed by atoms with van der Waals surface area (Å²) in [5.41, 5.74) is 1.76. The van der Waals surface area contributed by atoms with Gasteiger partial charge < -0.3 is 14.2 Å². The normalized spacial score (nSPS) is 10.5. The Morgan fingerprint density at radius 3 is 2.47 bits per heavy atom. The molecule has 156 valence electrons. The van der Waals surface area contributed by atoms with Gasteiger partial charge in [-0.1, -0.05) is 0 Å². The fourth-order valence-electron chi connectivity index (χ4n) is 2.64. The zero-order chi connectivity index (χ0) is 21.5. The maximum atomic E-state index is 12.4. The Labute approximate surface area is 183 Å². The molecule has 0 radical (unpaired) electrons. The SMILES string of the molecule is COc1ccc(C(=O)COC(=O)c2ccc(SCc3csc(C)n3)cc2)c(OC)c1. The van der Waals surface area contributed by atoms with Gasteiger partial charge in [0.1, 0.15) is 11.5 Å². The number of benzene rings is 2. The van der Waals surface area contributed by atoms with E-state index in [4.69, 9.17) is 14.2 Å². The van der Waals surface area contributed by atoms with Gasteiger partial charge >= 0.3 is 5.97 Å². The van der Waals surface area contributed by atoms with Gasteiger partial charge in [0.05, 0.1) is 36.0 Å². The minimum Gasteiger partial charge on any atom is -0.497 e. The van der Waals surface area contributed by atoms with Crippen LogP contribution in [0.2, 0.25) is 0 Å². The molecule has 0 N–H and O–H groups in total. The number of aromatic nitrogens is 1. The van der Waals surface area contributed by atoms with Crippen LogP contribution in [0.15, 0.2) is 52.7 Å². The zero-order valence-corrected chi connectivity index (χ0v) is 18.5. The minimum atomic E-state index is -0.553. The second-order valence-corrected chi connectivity index (χ2v) is 8.35. The monoisotopic (exact) mass is 443 g/mol. The Hall–Kier alpha value is -2.84. The molecule has 0 amide bonds. The Balaban J connectivity index is 1.55. The van der Waals surface area contributed by atoms with Crippen molar-refractivity contribution >= 4 is 34.9 Å². The van der Waals surface area contributed by atoms with Crippen LogP contribution < -0.4 is 9.47 Å². The van der Waals surface area contributed by atoms with Gasteiger partial charge in [0, 0.05) is 22.1 Å². The summed E-state index contributed by atoms with van der Waals surface area (Å²) in [5, 5.41) is 3.09. The Bertz CT molecular complexity index is 1030. The van der Waals surface area contributed by atoms with E-state index in [1.807, 2.05) is 24.4 Å². The lowest BCUT2D eigenvalue weighted by Gasteiger charge is -2.10. The minimum absolute atomic E-state index is 0.329. The van der Waals surface area contributed by atoms with E-state index in [9.17, 15) is 9.59 Å². The van der Waals surface area contributed by atoms with Gasteiger partial charge in [0.15, 0.2) is 6.61 Å². The van der Waals surface area contributed by atoms with Crippen LogP contribution >= 0.6 is 23.1 Å². The van der Waals surface area contributed by atoms with Gasteiger partial charge in [0.2, 0.25) is 5.78 Å². The third-order valence-corrected chi connectivity index (χ3v) is 6.05. The fraction of sp³-hybridized carbons (Fsp3) is 0.227. The molecule has 30 heavy (non-hydrogen) atoms. The van der Waals surface area contributed by atoms with Crippen LogP contribution in [-0.4, -0.2) is 37.6 Å². The third kappa shape index (κ3) is 5.61. The molecule has 0 aliphatic carbocycles. The highest BCUT2D eigenvalue weighted by molar-refractivity contribution is 7.98. The number of carbonyl (C=O) groups is 2. The first kappa shape index (κ1) is 21.9. The van der Waals surface area contributed by atoms with E-state index in [1.165, 1.54) is 14.2 Å². The molecule has 2 aromatic carbocycles. The van der Waals surface area contributed by atoms with Gasteiger partial charge in [-0.15, -0.1) is 23.1 Å². The summed E-state index contributed by atoms with van der Waals surface area (Å²) in [4.78, 5) is 30.2. The number of Topliss-reactive ketones (excluding diaryl/α,β-unsaturated/α-hetero) is 1. The van der Waals surface area contributed by atoms with Crippen molar-refractivity contribution in [1.82, 2.24) is 4.98 Å². The Kier molecular flexibility index (Phi) is 7.48. The molecule has 1 aromatic heterocycles. The van der Waals surface area contributed by atoms with Gasteiger partial charge in [-0.2, -0.15) is 0 Å². The standard InChI is InChI=1S/C22H21NO5S2/c1-14-23-16(12-29-14)13-30-18-7-4-15(5-8-18)22(25)28-11-20(24)19-9-6-17(26-2)10-21(19)27-3/h4-10,12H,11,13H2,1-3H3. The van der Waals surface area contributed by atoms with Gasteiger partial charge in [0.25, 0.3) is 0 Å². The molecule has 6 nitrogen and oxygen atoms in total. The predicted molar refractivity (Wildman–Crippen MR) is 117 cm³/mol. The Morgan fingerprint density at radius 1 is 1.07 bits per heavy atom. The predicted octanol–water partition coefficient (Wildman–Crippen LogP) is 4.80. The summed E-state index contributed by atoms with van der Waals surface area (Å²) in [6.07, 6.45) is 0. The second kappa shape index (κ2) is 10.3. The van der Waals surface area contributed by atoms with E-state index in [0.717, 1.165) is 21.3 Å². The molecule has 3 rings (SSSR count). The van der Waals surface area contributed by atoms with Crippen molar-refractivity contribution in [3.05, 3.63) is 69.7 Å². The maximum Gasteiger partial charge on any atom is 0.338 e. The lowest BCUT2D eigenvalue weighted by Crippen LogP contribution is -2.15. The van der Waals surface area contributed by atoms with E-state index < -0.39 is 5.97 Å². The average molecular weight is 444 g/mol. The fourth-order valence-corrected chi connectivity index (χ4v) is 4.15. The van der Waals surface area contributed by atoms with E-state index in [1.54, 1.807) is 53.4 Å². The van der Waals surface area contributed by atoms with E-state index in [-0.39, 0.29) is 12.4 Å². The third-order valence-electron chi connectivity index (χ3n) is 4.19. The van der Waals surface area contributed by atoms with Crippen molar-refractivity contribution in [2.75, 3.05) is 20.8 Å². The summed E-state index contributed by atoms with van der Waals surface area (Å²) in [6, 6.07) is 11.9. The highest BCUT2D eigenvalue weighted by Crippen LogP contribution is 2.26. The number of ether oxygens (including phenoxy) is 3. The van der Waals surface area contributed by atoms with Crippen molar-refractivity contribution in [3.63, 3.8) is 0 Å². The summed E-state index contributed by atoms with van der Waals surface area (Å²) in [5.74, 6) is 0.804. The number of esters is 1. The van der Waals surface area contributed by atoms with Crippen molar-refractivity contribution in [3.8, 4) is 11.5 Å². The molecule has 0 unspecified atom stereocenters. The maximum absolute atomic E-state index is 12.4. The number of ketones is 1. The van der Waals surface area contributed by atoms with Gasteiger partial charge in [-0.25, -0.2) is 9.78 Å². The molecular weight excluding hydrogens is 422 g/mol. The smallest absolute Gasteiger partial charge is 0.338 e. The molecule has 0 aliphatic heterocycles. The van der Waals surface area contributed by atoms with Crippen LogP contribution in [0.5, 0.6) is 11.5 Å². The molecule has 8 heteroatoms. The van der Waals surface area contributed by atoms with Crippen LogP contribution in [0.1, 0.15) is 31.4 Å². The zero-order valence-electron chi connectivity index (χ0n) is 16.8. The number of thioether (sulfide) groups is 1. The van der Waals surface area contributed by atoms with Gasteiger partial charge in [-0.3, -0.25) is 4.79 Å². The lowest BCUT2D eigenvalue weighted by molar-refractivity contribution is 0.0474. The summed E-state index contributed by atoms with van der Waals surface area (Å²) < 4.78 is 15.5. The van der Waals surface area contributed by atoms with Crippen molar-refractivity contribution in [1.29, 1.82) is 0 Å². The molecule has 0 saturated heterocycles. The van der Waals surface area contributed by atoms with E-state index >= 15 is 0 Å². The molecule has 3 aromatic rings. The lowest BCUT2D eigenvalue weighted by atomic mass is 10.1. The van der Waals surface area contributed by atoms with Crippen molar-refractivity contribution in [2.45, 2.75) is 17.6 Å². The van der Waals surface area contributed by atoms with Crippen LogP contribution in [0, 0.1) is 6.92 Å². The molecule has 0 aliphatic rings. The molecule has 0 fully saturated rings. The summed E-state index contributed by atoms with van der Waals surface area (Å²) in [7, 11) is 2.99. The summed E-state index contributed by atoms with van der Waals surface area (Å²) in [6.45, 7) is 1.61. The average Bonchev–Trinajstić information content (AvgIpc) is 3.20. The van der Waals surface area contributed by atoms with Crippen LogP contribution in [0.25, 0.3) is 0 Å². The van der Waals surface area contributed by atoms with E-state index in [0.29, 0.717) is 22.6 Å². The first-order chi connectivity index (χ1) is 14.5. The van der Waals surface area contributed by atoms with Crippen LogP contribution in [-0.2, 0) is 10.5 Å². The molecule has 0 saturated carbocycles. The van der Waals surface area contributed by atoms with E-state index in [2.05, 4.69) is 4.98 Å². The number of methoxy groups -OCH3 is 2. The van der Waals surface area contributed by atoms with Crippen molar-refractivity contribution < 1.29 is 23.8 Å². The largest absolute Gasteiger partial charge is 0.497 e. The van der Waals surface area contributed by atoms with Gasteiger partial charge in [-0.05, 0) is 43.3 Å². The number of hydrogen-bond donors (Lipinski definition) is 0. The number of aryl methyl sites for hydroxylation is 1. The molecular formula is C22H21NO5S2. The quantitative estimate of drug-likeness (QED) is 0.267. The molecule has 1 heterocycles. The number of carbonyl (C=O) groups excluding carboxylic acids is 2. The first-order valence-corrected chi connectivity index (χ1v) is 10.9. The number of thiazole rings is 1. The summed E-state index contributed by atoms with van der Waals surface area (Å²) >= 11 is 3.27. The molecule has 0 atom stereocenters. The Morgan fingerprint density at radius 2 is 1.83 bits per heavy atom. The second-order valence-electron chi connectivity index (χ2n) is 6.24.